The summed E-state index contributed by atoms with van der Waals surface area (Å²) in [6.07, 6.45) is 2.46. The Morgan fingerprint density at radius 2 is 1.93 bits per heavy atom. The number of benzene rings is 2. The topological polar surface area (TPSA) is 25.4 Å². The van der Waals surface area contributed by atoms with Gasteiger partial charge in [0.2, 0.25) is 0 Å². The van der Waals surface area contributed by atoms with Crippen molar-refractivity contribution in [2.45, 2.75) is 26.4 Å². The molecule has 1 fully saturated rings. The molecule has 1 aliphatic rings. The molecule has 5 heteroatoms. The molecule has 1 saturated heterocycles. The summed E-state index contributed by atoms with van der Waals surface area (Å²) in [7, 11) is 0. The standard InChI is InChI=1S/C23H25ClN2OS/c1-17-22(28-23(25-17)19-9-11-20(24)12-10-19)16-27-15-18-6-5-13-26(14-18)21-7-3-2-4-8-21/h2-4,7-12,18H,5-6,13-16H2,1H3. The van der Waals surface area contributed by atoms with Crippen LogP contribution >= 0.6 is 22.9 Å². The van der Waals surface area contributed by atoms with E-state index in [2.05, 4.69) is 42.2 Å². The maximum absolute atomic E-state index is 6.12. The van der Waals surface area contributed by atoms with Gasteiger partial charge in [-0.3, -0.25) is 0 Å². The Hall–Kier alpha value is -1.88. The molecule has 0 aliphatic carbocycles. The van der Waals surface area contributed by atoms with Crippen LogP contribution in [-0.4, -0.2) is 24.7 Å². The highest BCUT2D eigenvalue weighted by atomic mass is 35.5. The molecule has 1 unspecified atom stereocenters. The van der Waals surface area contributed by atoms with Gasteiger partial charge in [-0.2, -0.15) is 0 Å². The summed E-state index contributed by atoms with van der Waals surface area (Å²) in [6, 6.07) is 18.5. The van der Waals surface area contributed by atoms with Gasteiger partial charge in [0, 0.05) is 29.4 Å². The summed E-state index contributed by atoms with van der Waals surface area (Å²) in [4.78, 5) is 8.40. The van der Waals surface area contributed by atoms with Gasteiger partial charge in [0.1, 0.15) is 5.01 Å². The molecule has 1 atom stereocenters. The quantitative estimate of drug-likeness (QED) is 0.481. The van der Waals surface area contributed by atoms with Crippen LogP contribution in [0.15, 0.2) is 54.6 Å². The average Bonchev–Trinajstić information content (AvgIpc) is 3.10. The van der Waals surface area contributed by atoms with E-state index >= 15 is 0 Å². The van der Waals surface area contributed by atoms with Gasteiger partial charge in [-0.25, -0.2) is 4.98 Å². The highest BCUT2D eigenvalue weighted by Crippen LogP contribution is 2.30. The third-order valence-electron chi connectivity index (χ3n) is 5.21. The third kappa shape index (κ3) is 4.75. The molecule has 1 aliphatic heterocycles. The van der Waals surface area contributed by atoms with Gasteiger partial charge >= 0.3 is 0 Å². The van der Waals surface area contributed by atoms with Crippen LogP contribution in [0.2, 0.25) is 5.02 Å². The van der Waals surface area contributed by atoms with E-state index in [0.717, 1.165) is 41.0 Å². The van der Waals surface area contributed by atoms with E-state index in [0.29, 0.717) is 12.5 Å². The fourth-order valence-corrected chi connectivity index (χ4v) is 4.80. The SMILES string of the molecule is Cc1nc(-c2ccc(Cl)cc2)sc1COCC1CCCN(c2ccccc2)C1. The number of halogens is 1. The first-order valence-electron chi connectivity index (χ1n) is 9.79. The Balaban J connectivity index is 1.32. The largest absolute Gasteiger partial charge is 0.376 e. The Morgan fingerprint density at radius 1 is 1.14 bits per heavy atom. The van der Waals surface area contributed by atoms with Crippen LogP contribution < -0.4 is 4.90 Å². The van der Waals surface area contributed by atoms with Gasteiger partial charge in [0.25, 0.3) is 0 Å². The minimum atomic E-state index is 0.581. The molecule has 1 aromatic heterocycles. The molecule has 0 saturated carbocycles. The zero-order valence-corrected chi connectivity index (χ0v) is 17.7. The summed E-state index contributed by atoms with van der Waals surface area (Å²) in [5.41, 5.74) is 3.48. The van der Waals surface area contributed by atoms with Crippen LogP contribution in [0.1, 0.15) is 23.4 Å². The van der Waals surface area contributed by atoms with Crippen LogP contribution in [-0.2, 0) is 11.3 Å². The zero-order valence-electron chi connectivity index (χ0n) is 16.1. The molecule has 4 rings (SSSR count). The smallest absolute Gasteiger partial charge is 0.123 e. The predicted octanol–water partition coefficient (Wildman–Crippen LogP) is 6.21. The Bertz CT molecular complexity index is 895. The molecule has 2 heterocycles. The predicted molar refractivity (Wildman–Crippen MR) is 118 cm³/mol. The summed E-state index contributed by atoms with van der Waals surface area (Å²) in [5, 5.41) is 1.78. The molecule has 3 nitrogen and oxygen atoms in total. The number of anilines is 1. The lowest BCUT2D eigenvalue weighted by Crippen LogP contribution is -2.37. The molecule has 0 bridgehead atoms. The number of ether oxygens (including phenoxy) is 1. The van der Waals surface area contributed by atoms with E-state index < -0.39 is 0 Å². The Kier molecular flexibility index (Phi) is 6.30. The van der Waals surface area contributed by atoms with E-state index in [1.807, 2.05) is 24.3 Å². The molecule has 146 valence electrons. The van der Waals surface area contributed by atoms with Crippen molar-refractivity contribution in [3.63, 3.8) is 0 Å². The van der Waals surface area contributed by atoms with Crippen LogP contribution in [0.25, 0.3) is 10.6 Å². The van der Waals surface area contributed by atoms with E-state index in [1.165, 1.54) is 23.4 Å². The number of aromatic nitrogens is 1. The van der Waals surface area contributed by atoms with Gasteiger partial charge in [-0.1, -0.05) is 41.9 Å². The number of aryl methyl sites for hydroxylation is 1. The second-order valence-electron chi connectivity index (χ2n) is 7.34. The summed E-state index contributed by atoms with van der Waals surface area (Å²) >= 11 is 7.70. The van der Waals surface area contributed by atoms with Crippen molar-refractivity contribution in [3.05, 3.63) is 70.2 Å². The normalized spacial score (nSPS) is 17.1. The second-order valence-corrected chi connectivity index (χ2v) is 8.86. The van der Waals surface area contributed by atoms with Gasteiger partial charge in [-0.15, -0.1) is 11.3 Å². The molecule has 0 radical (unpaired) electrons. The van der Waals surface area contributed by atoms with Gasteiger partial charge in [-0.05, 0) is 49.9 Å². The Morgan fingerprint density at radius 3 is 2.71 bits per heavy atom. The highest BCUT2D eigenvalue weighted by Gasteiger charge is 2.20. The fraction of sp³-hybridized carbons (Fsp3) is 0.348. The van der Waals surface area contributed by atoms with Crippen molar-refractivity contribution in [3.8, 4) is 10.6 Å². The number of para-hydroxylation sites is 1. The summed E-state index contributed by atoms with van der Waals surface area (Å²) in [6.45, 7) is 5.71. The number of hydrogen-bond donors (Lipinski definition) is 0. The first kappa shape index (κ1) is 19.4. The van der Waals surface area contributed by atoms with Crippen LogP contribution in [0.4, 0.5) is 5.69 Å². The lowest BCUT2D eigenvalue weighted by atomic mass is 9.98. The first-order valence-corrected chi connectivity index (χ1v) is 11.0. The van der Waals surface area contributed by atoms with Crippen molar-refractivity contribution in [2.75, 3.05) is 24.6 Å². The molecular formula is C23H25ClN2OS. The fourth-order valence-electron chi connectivity index (χ4n) is 3.67. The van der Waals surface area contributed by atoms with E-state index in [4.69, 9.17) is 21.3 Å². The number of piperidine rings is 1. The number of thiazole rings is 1. The second kappa shape index (κ2) is 9.08. The van der Waals surface area contributed by atoms with Gasteiger partial charge in [0.15, 0.2) is 0 Å². The third-order valence-corrected chi connectivity index (χ3v) is 6.64. The van der Waals surface area contributed by atoms with Crippen molar-refractivity contribution < 1.29 is 4.74 Å². The molecule has 28 heavy (non-hydrogen) atoms. The van der Waals surface area contributed by atoms with E-state index in [-0.39, 0.29) is 0 Å². The van der Waals surface area contributed by atoms with Crippen molar-refractivity contribution in [1.82, 2.24) is 4.98 Å². The molecule has 0 N–H and O–H groups in total. The van der Waals surface area contributed by atoms with Crippen LogP contribution in [0, 0.1) is 12.8 Å². The Labute approximate surface area is 175 Å². The molecular weight excluding hydrogens is 388 g/mol. The first-order chi connectivity index (χ1) is 13.7. The number of nitrogens with zero attached hydrogens (tertiary/aromatic N) is 2. The van der Waals surface area contributed by atoms with Crippen LogP contribution in [0.3, 0.4) is 0 Å². The van der Waals surface area contributed by atoms with Crippen LogP contribution in [0.5, 0.6) is 0 Å². The van der Waals surface area contributed by atoms with Gasteiger partial charge < -0.3 is 9.64 Å². The van der Waals surface area contributed by atoms with Gasteiger partial charge in [0.05, 0.1) is 23.8 Å². The maximum Gasteiger partial charge on any atom is 0.123 e. The molecule has 0 spiro atoms. The minimum Gasteiger partial charge on any atom is -0.376 e. The molecule has 2 aromatic carbocycles. The molecule has 0 amide bonds. The molecule has 3 aromatic rings. The lowest BCUT2D eigenvalue weighted by molar-refractivity contribution is 0.0829. The van der Waals surface area contributed by atoms with E-state index in [9.17, 15) is 0 Å². The zero-order chi connectivity index (χ0) is 19.3. The average molecular weight is 413 g/mol. The highest BCUT2D eigenvalue weighted by molar-refractivity contribution is 7.15. The maximum atomic E-state index is 6.12. The summed E-state index contributed by atoms with van der Waals surface area (Å²) in [5.74, 6) is 0.581. The van der Waals surface area contributed by atoms with Crippen molar-refractivity contribution in [2.24, 2.45) is 5.92 Å². The van der Waals surface area contributed by atoms with Crippen molar-refractivity contribution in [1.29, 1.82) is 0 Å². The van der Waals surface area contributed by atoms with E-state index in [1.54, 1.807) is 11.3 Å². The lowest BCUT2D eigenvalue weighted by Gasteiger charge is -2.34. The number of rotatable bonds is 6. The monoisotopic (exact) mass is 412 g/mol. The summed E-state index contributed by atoms with van der Waals surface area (Å²) < 4.78 is 6.12. The number of hydrogen-bond acceptors (Lipinski definition) is 4. The minimum absolute atomic E-state index is 0.581. The van der Waals surface area contributed by atoms with Crippen molar-refractivity contribution >= 4 is 28.6 Å².